The fourth-order valence-electron chi connectivity index (χ4n) is 1.98. The van der Waals surface area contributed by atoms with E-state index in [1.54, 1.807) is 6.20 Å². The number of H-pyrrole nitrogens is 1. The van der Waals surface area contributed by atoms with Crippen LogP contribution in [0.25, 0.3) is 10.9 Å². The van der Waals surface area contributed by atoms with E-state index in [1.807, 2.05) is 32.9 Å². The third-order valence-electron chi connectivity index (χ3n) is 2.95. The van der Waals surface area contributed by atoms with Crippen molar-refractivity contribution in [2.45, 2.75) is 32.8 Å². The molecule has 5 N–H and O–H groups in total. The largest absolute Gasteiger partial charge is 0.444 e. The van der Waals surface area contributed by atoms with Gasteiger partial charge in [-0.05, 0) is 39.3 Å². The van der Waals surface area contributed by atoms with Crippen LogP contribution in [-0.4, -0.2) is 35.0 Å². The predicted octanol–water partition coefficient (Wildman–Crippen LogP) is 2.47. The highest BCUT2D eigenvalue weighted by molar-refractivity contribution is 5.88. The van der Waals surface area contributed by atoms with E-state index in [0.717, 1.165) is 23.0 Å². The first-order valence-corrected chi connectivity index (χ1v) is 7.28. The molecule has 1 aromatic heterocycles. The average molecular weight is 305 g/mol. The van der Waals surface area contributed by atoms with Crippen LogP contribution in [0.1, 0.15) is 27.2 Å². The summed E-state index contributed by atoms with van der Waals surface area (Å²) in [5, 5.41) is 13.8. The van der Waals surface area contributed by atoms with E-state index in [0.29, 0.717) is 18.8 Å². The number of amides is 1. The highest BCUT2D eigenvalue weighted by atomic mass is 16.6. The lowest BCUT2D eigenvalue weighted by Crippen LogP contribution is -2.33. The van der Waals surface area contributed by atoms with Gasteiger partial charge in [0.15, 0.2) is 0 Å². The zero-order valence-electron chi connectivity index (χ0n) is 13.2. The van der Waals surface area contributed by atoms with Gasteiger partial charge >= 0.3 is 6.09 Å². The Hall–Kier alpha value is -2.44. The molecule has 2 rings (SSSR count). The topological polar surface area (TPSA) is 105 Å². The van der Waals surface area contributed by atoms with Gasteiger partial charge in [-0.3, -0.25) is 5.10 Å². The molecule has 0 saturated heterocycles. The third-order valence-corrected chi connectivity index (χ3v) is 2.95. The average Bonchev–Trinajstić information content (AvgIpc) is 2.83. The Morgan fingerprint density at radius 1 is 1.36 bits per heavy atom. The molecule has 2 aromatic rings. The highest BCUT2D eigenvalue weighted by Gasteiger charge is 2.15. The molecular weight excluding hydrogens is 282 g/mol. The number of alkyl carbamates (subject to hydrolysis) is 1. The lowest BCUT2D eigenvalue weighted by Gasteiger charge is -2.19. The molecule has 0 aliphatic rings. The summed E-state index contributed by atoms with van der Waals surface area (Å²) in [7, 11) is 0. The van der Waals surface area contributed by atoms with Crippen molar-refractivity contribution in [3.8, 4) is 0 Å². The lowest BCUT2D eigenvalue weighted by molar-refractivity contribution is 0.0528. The molecule has 0 radical (unpaired) electrons. The van der Waals surface area contributed by atoms with E-state index >= 15 is 0 Å². The number of hydrogen-bond donors (Lipinski definition) is 4. The molecule has 7 nitrogen and oxygen atoms in total. The number of nitrogens with zero attached hydrogens (tertiary/aromatic N) is 1. The monoisotopic (exact) mass is 305 g/mol. The maximum absolute atomic E-state index is 11.5. The SMILES string of the molecule is CC(C)(C)OC(=O)NCCCNc1cc2[nH]ncc2cc1N. The molecule has 1 heterocycles. The summed E-state index contributed by atoms with van der Waals surface area (Å²) < 4.78 is 5.16. The van der Waals surface area contributed by atoms with Crippen molar-refractivity contribution >= 4 is 28.4 Å². The van der Waals surface area contributed by atoms with Gasteiger partial charge in [0.2, 0.25) is 0 Å². The number of anilines is 2. The van der Waals surface area contributed by atoms with Crippen LogP contribution in [0.4, 0.5) is 16.2 Å². The van der Waals surface area contributed by atoms with Crippen LogP contribution in [0.2, 0.25) is 0 Å². The second-order valence-electron chi connectivity index (χ2n) is 6.11. The van der Waals surface area contributed by atoms with E-state index < -0.39 is 11.7 Å². The molecule has 0 bridgehead atoms. The quantitative estimate of drug-likeness (QED) is 0.502. The first-order valence-electron chi connectivity index (χ1n) is 7.28. The zero-order chi connectivity index (χ0) is 16.2. The first kappa shape index (κ1) is 15.9. The molecule has 0 aliphatic carbocycles. The minimum atomic E-state index is -0.476. The van der Waals surface area contributed by atoms with E-state index in [-0.39, 0.29) is 0 Å². The Morgan fingerprint density at radius 3 is 2.86 bits per heavy atom. The van der Waals surface area contributed by atoms with Gasteiger partial charge in [0.1, 0.15) is 5.60 Å². The number of nitrogens with one attached hydrogen (secondary N) is 3. The Bertz CT molecular complexity index is 645. The van der Waals surface area contributed by atoms with Crippen LogP contribution in [0, 0.1) is 0 Å². The van der Waals surface area contributed by atoms with Gasteiger partial charge in [0.25, 0.3) is 0 Å². The second kappa shape index (κ2) is 6.55. The maximum atomic E-state index is 11.5. The Morgan fingerprint density at radius 2 is 2.14 bits per heavy atom. The van der Waals surface area contributed by atoms with Crippen LogP contribution >= 0.6 is 0 Å². The van der Waals surface area contributed by atoms with E-state index in [9.17, 15) is 4.79 Å². The van der Waals surface area contributed by atoms with Crippen molar-refractivity contribution in [3.05, 3.63) is 18.3 Å². The summed E-state index contributed by atoms with van der Waals surface area (Å²) in [6.45, 7) is 6.74. The predicted molar refractivity (Wildman–Crippen MR) is 87.8 cm³/mol. The number of fused-ring (bicyclic) bond motifs is 1. The summed E-state index contributed by atoms with van der Waals surface area (Å²) in [5.74, 6) is 0. The molecule has 7 heteroatoms. The maximum Gasteiger partial charge on any atom is 0.407 e. The van der Waals surface area contributed by atoms with Gasteiger partial charge in [0.05, 0.1) is 23.1 Å². The number of ether oxygens (including phenoxy) is 1. The van der Waals surface area contributed by atoms with Crippen LogP contribution in [0.5, 0.6) is 0 Å². The third kappa shape index (κ3) is 4.54. The van der Waals surface area contributed by atoms with E-state index in [2.05, 4.69) is 20.8 Å². The molecule has 22 heavy (non-hydrogen) atoms. The Kier molecular flexibility index (Phi) is 4.75. The molecule has 0 saturated carbocycles. The minimum Gasteiger partial charge on any atom is -0.444 e. The number of aromatic amines is 1. The Labute approximate surface area is 129 Å². The van der Waals surface area contributed by atoms with Gasteiger partial charge in [-0.25, -0.2) is 4.79 Å². The summed E-state index contributed by atoms with van der Waals surface area (Å²) in [6.07, 6.45) is 2.10. The van der Waals surface area contributed by atoms with Crippen LogP contribution in [0.15, 0.2) is 18.3 Å². The lowest BCUT2D eigenvalue weighted by atomic mass is 10.2. The fourth-order valence-corrected chi connectivity index (χ4v) is 1.98. The normalized spacial score (nSPS) is 11.4. The summed E-state index contributed by atoms with van der Waals surface area (Å²) in [4.78, 5) is 11.5. The van der Waals surface area contributed by atoms with Crippen molar-refractivity contribution in [2.24, 2.45) is 0 Å². The van der Waals surface area contributed by atoms with E-state index in [4.69, 9.17) is 10.5 Å². The standard InChI is InChI=1S/C15H23N5O2/c1-15(2,3)22-14(21)18-6-4-5-17-13-8-12-10(7-11(13)16)9-19-20-12/h7-9,17H,4-6,16H2,1-3H3,(H,18,21)(H,19,20). The van der Waals surface area contributed by atoms with Gasteiger partial charge in [-0.1, -0.05) is 0 Å². The van der Waals surface area contributed by atoms with E-state index in [1.165, 1.54) is 0 Å². The number of hydrogen-bond acceptors (Lipinski definition) is 5. The van der Waals surface area contributed by atoms with Crippen LogP contribution in [0.3, 0.4) is 0 Å². The second-order valence-corrected chi connectivity index (χ2v) is 6.11. The summed E-state index contributed by atoms with van der Waals surface area (Å²) >= 11 is 0. The number of nitrogens with two attached hydrogens (primary N) is 1. The fraction of sp³-hybridized carbons (Fsp3) is 0.467. The van der Waals surface area contributed by atoms with Crippen molar-refractivity contribution < 1.29 is 9.53 Å². The smallest absolute Gasteiger partial charge is 0.407 e. The first-order chi connectivity index (χ1) is 10.3. The highest BCUT2D eigenvalue weighted by Crippen LogP contribution is 2.24. The number of rotatable bonds is 5. The van der Waals surface area contributed by atoms with Crippen molar-refractivity contribution in [2.75, 3.05) is 24.1 Å². The summed E-state index contributed by atoms with van der Waals surface area (Å²) in [6, 6.07) is 3.80. The Balaban J connectivity index is 1.74. The van der Waals surface area contributed by atoms with Crippen molar-refractivity contribution in [1.82, 2.24) is 15.5 Å². The molecule has 0 unspecified atom stereocenters. The van der Waals surface area contributed by atoms with Gasteiger partial charge in [-0.15, -0.1) is 0 Å². The van der Waals surface area contributed by atoms with Gasteiger partial charge in [0, 0.05) is 18.5 Å². The van der Waals surface area contributed by atoms with Gasteiger partial charge in [-0.2, -0.15) is 5.10 Å². The van der Waals surface area contributed by atoms with Crippen LogP contribution < -0.4 is 16.4 Å². The molecular formula is C15H23N5O2. The van der Waals surface area contributed by atoms with Crippen molar-refractivity contribution in [1.29, 1.82) is 0 Å². The molecule has 0 fully saturated rings. The van der Waals surface area contributed by atoms with Gasteiger partial charge < -0.3 is 21.1 Å². The number of nitrogen functional groups attached to an aromatic ring is 1. The minimum absolute atomic E-state index is 0.397. The molecule has 0 spiro atoms. The molecule has 120 valence electrons. The number of carbonyl (C=O) groups excluding carboxylic acids is 1. The van der Waals surface area contributed by atoms with Crippen molar-refractivity contribution in [3.63, 3.8) is 0 Å². The molecule has 1 aromatic carbocycles. The molecule has 0 atom stereocenters. The number of carbonyl (C=O) groups is 1. The summed E-state index contributed by atoms with van der Waals surface area (Å²) in [5.41, 5.74) is 7.97. The number of benzene rings is 1. The number of aromatic nitrogens is 2. The molecule has 0 aliphatic heterocycles. The molecule has 1 amide bonds. The zero-order valence-corrected chi connectivity index (χ0v) is 13.2. The van der Waals surface area contributed by atoms with Crippen LogP contribution in [-0.2, 0) is 4.74 Å².